The van der Waals surface area contributed by atoms with Crippen LogP contribution in [0.25, 0.3) is 6.08 Å². The van der Waals surface area contributed by atoms with Crippen LogP contribution >= 0.6 is 0 Å². The summed E-state index contributed by atoms with van der Waals surface area (Å²) < 4.78 is 0. The summed E-state index contributed by atoms with van der Waals surface area (Å²) in [6.07, 6.45) is 5.63. The van der Waals surface area contributed by atoms with Gasteiger partial charge in [0, 0.05) is 18.8 Å². The smallest absolute Gasteiger partial charge is 0.0372 e. The van der Waals surface area contributed by atoms with Crippen molar-refractivity contribution < 1.29 is 0 Å². The molecular formula is C14H17N. The Morgan fingerprint density at radius 2 is 1.47 bits per heavy atom. The van der Waals surface area contributed by atoms with Gasteiger partial charge >= 0.3 is 0 Å². The molecular weight excluding hydrogens is 182 g/mol. The fourth-order valence-electron chi connectivity index (χ4n) is 1.42. The van der Waals surface area contributed by atoms with E-state index in [4.69, 9.17) is 0 Å². The molecule has 0 heterocycles. The van der Waals surface area contributed by atoms with Crippen molar-refractivity contribution in [3.05, 3.63) is 61.7 Å². The van der Waals surface area contributed by atoms with Gasteiger partial charge in [0.05, 0.1) is 0 Å². The zero-order chi connectivity index (χ0) is 11.1. The molecule has 1 aromatic carbocycles. The average Bonchev–Trinajstić information content (AvgIpc) is 2.29. The van der Waals surface area contributed by atoms with Gasteiger partial charge in [-0.05, 0) is 17.7 Å². The van der Waals surface area contributed by atoms with Gasteiger partial charge in [-0.1, -0.05) is 36.9 Å². The van der Waals surface area contributed by atoms with Crippen LogP contribution in [0.4, 0.5) is 5.69 Å². The SMILES string of the molecule is C=CCN(CC=C)c1ccc(C=C)cc1. The molecule has 1 nitrogen and oxygen atoms in total. The van der Waals surface area contributed by atoms with Crippen LogP contribution in [0.3, 0.4) is 0 Å². The molecule has 15 heavy (non-hydrogen) atoms. The van der Waals surface area contributed by atoms with Crippen molar-refractivity contribution in [3.8, 4) is 0 Å². The molecule has 1 rings (SSSR count). The van der Waals surface area contributed by atoms with Crippen molar-refractivity contribution in [3.63, 3.8) is 0 Å². The normalized spacial score (nSPS) is 9.33. The lowest BCUT2D eigenvalue weighted by Crippen LogP contribution is -2.22. The summed E-state index contributed by atoms with van der Waals surface area (Å²) in [5, 5.41) is 0. The fraction of sp³-hybridized carbons (Fsp3) is 0.143. The standard InChI is InChI=1S/C14H17N/c1-4-11-15(12-5-2)14-9-7-13(6-3)8-10-14/h4-10H,1-3,11-12H2. The van der Waals surface area contributed by atoms with E-state index in [1.165, 1.54) is 5.69 Å². The number of hydrogen-bond donors (Lipinski definition) is 0. The summed E-state index contributed by atoms with van der Waals surface area (Å²) in [5.41, 5.74) is 2.32. The third-order valence-corrected chi connectivity index (χ3v) is 2.19. The van der Waals surface area contributed by atoms with E-state index in [-0.39, 0.29) is 0 Å². The first-order chi connectivity index (χ1) is 7.31. The maximum absolute atomic E-state index is 3.75. The van der Waals surface area contributed by atoms with Crippen LogP contribution in [0, 0.1) is 0 Å². The van der Waals surface area contributed by atoms with Crippen LogP contribution in [0.5, 0.6) is 0 Å². The predicted molar refractivity (Wildman–Crippen MR) is 69.1 cm³/mol. The Balaban J connectivity index is 2.84. The number of rotatable bonds is 6. The molecule has 0 fully saturated rings. The summed E-state index contributed by atoms with van der Waals surface area (Å²) in [6, 6.07) is 8.29. The van der Waals surface area contributed by atoms with Crippen LogP contribution in [-0.4, -0.2) is 13.1 Å². The number of anilines is 1. The Labute approximate surface area is 92.0 Å². The van der Waals surface area contributed by atoms with Gasteiger partial charge in [-0.2, -0.15) is 0 Å². The van der Waals surface area contributed by atoms with Crippen LogP contribution in [0.1, 0.15) is 5.56 Å². The molecule has 0 atom stereocenters. The summed E-state index contributed by atoms with van der Waals surface area (Å²) in [6.45, 7) is 12.9. The molecule has 78 valence electrons. The number of nitrogens with zero attached hydrogens (tertiary/aromatic N) is 1. The average molecular weight is 199 g/mol. The first kappa shape index (κ1) is 11.3. The molecule has 1 aromatic rings. The maximum Gasteiger partial charge on any atom is 0.0372 e. The highest BCUT2D eigenvalue weighted by atomic mass is 15.1. The Bertz CT molecular complexity index is 325. The van der Waals surface area contributed by atoms with Gasteiger partial charge in [-0.15, -0.1) is 13.2 Å². The van der Waals surface area contributed by atoms with E-state index < -0.39 is 0 Å². The van der Waals surface area contributed by atoms with Crippen LogP contribution in [0.15, 0.2) is 56.2 Å². The quantitative estimate of drug-likeness (QED) is 0.634. The van der Waals surface area contributed by atoms with E-state index in [0.717, 1.165) is 18.7 Å². The Morgan fingerprint density at radius 3 is 1.87 bits per heavy atom. The zero-order valence-electron chi connectivity index (χ0n) is 9.02. The molecule has 0 saturated carbocycles. The molecule has 0 bridgehead atoms. The minimum atomic E-state index is 0.833. The first-order valence-corrected chi connectivity index (χ1v) is 5.01. The van der Waals surface area contributed by atoms with E-state index in [1.807, 2.05) is 18.2 Å². The summed E-state index contributed by atoms with van der Waals surface area (Å²) >= 11 is 0. The van der Waals surface area contributed by atoms with Crippen molar-refractivity contribution in [1.82, 2.24) is 0 Å². The van der Waals surface area contributed by atoms with Gasteiger partial charge in [0.15, 0.2) is 0 Å². The molecule has 0 saturated heterocycles. The molecule has 0 unspecified atom stereocenters. The number of hydrogen-bond acceptors (Lipinski definition) is 1. The van der Waals surface area contributed by atoms with E-state index in [2.05, 4.69) is 48.9 Å². The third kappa shape index (κ3) is 3.13. The lowest BCUT2D eigenvalue weighted by Gasteiger charge is -2.21. The molecule has 0 aliphatic heterocycles. The van der Waals surface area contributed by atoms with Gasteiger partial charge in [-0.3, -0.25) is 0 Å². The topological polar surface area (TPSA) is 3.24 Å². The molecule has 0 aromatic heterocycles. The lowest BCUT2D eigenvalue weighted by atomic mass is 10.2. The van der Waals surface area contributed by atoms with E-state index >= 15 is 0 Å². The molecule has 1 heteroatoms. The van der Waals surface area contributed by atoms with Gasteiger partial charge in [0.25, 0.3) is 0 Å². The van der Waals surface area contributed by atoms with E-state index in [9.17, 15) is 0 Å². The molecule has 0 amide bonds. The van der Waals surface area contributed by atoms with Crippen molar-refractivity contribution in [2.75, 3.05) is 18.0 Å². The van der Waals surface area contributed by atoms with Gasteiger partial charge in [0.1, 0.15) is 0 Å². The van der Waals surface area contributed by atoms with Crippen molar-refractivity contribution in [2.24, 2.45) is 0 Å². The van der Waals surface area contributed by atoms with Crippen molar-refractivity contribution in [1.29, 1.82) is 0 Å². The molecule has 0 aliphatic rings. The van der Waals surface area contributed by atoms with Crippen molar-refractivity contribution in [2.45, 2.75) is 0 Å². The molecule has 0 spiro atoms. The Kier molecular flexibility index (Phi) is 4.42. The van der Waals surface area contributed by atoms with Gasteiger partial charge in [0.2, 0.25) is 0 Å². The number of benzene rings is 1. The highest BCUT2D eigenvalue weighted by molar-refractivity contribution is 5.55. The molecule has 0 radical (unpaired) electrons. The second-order valence-electron chi connectivity index (χ2n) is 3.28. The second kappa shape index (κ2) is 5.86. The third-order valence-electron chi connectivity index (χ3n) is 2.19. The van der Waals surface area contributed by atoms with E-state index in [0.29, 0.717) is 0 Å². The van der Waals surface area contributed by atoms with Crippen LogP contribution < -0.4 is 4.90 Å². The predicted octanol–water partition coefficient (Wildman–Crippen LogP) is 3.51. The first-order valence-electron chi connectivity index (χ1n) is 5.01. The summed E-state index contributed by atoms with van der Waals surface area (Å²) in [5.74, 6) is 0. The highest BCUT2D eigenvalue weighted by Gasteiger charge is 2.01. The molecule has 0 aliphatic carbocycles. The summed E-state index contributed by atoms with van der Waals surface area (Å²) in [7, 11) is 0. The van der Waals surface area contributed by atoms with Crippen molar-refractivity contribution >= 4 is 11.8 Å². The minimum absolute atomic E-state index is 0.833. The van der Waals surface area contributed by atoms with E-state index in [1.54, 1.807) is 0 Å². The van der Waals surface area contributed by atoms with Crippen LogP contribution in [0.2, 0.25) is 0 Å². The monoisotopic (exact) mass is 199 g/mol. The maximum atomic E-state index is 3.75. The molecule has 0 N–H and O–H groups in total. The second-order valence-corrected chi connectivity index (χ2v) is 3.28. The Morgan fingerprint density at radius 1 is 0.933 bits per heavy atom. The minimum Gasteiger partial charge on any atom is -0.364 e. The van der Waals surface area contributed by atoms with Gasteiger partial charge < -0.3 is 4.90 Å². The van der Waals surface area contributed by atoms with Gasteiger partial charge in [-0.25, -0.2) is 0 Å². The zero-order valence-corrected chi connectivity index (χ0v) is 9.02. The highest BCUT2D eigenvalue weighted by Crippen LogP contribution is 2.15. The lowest BCUT2D eigenvalue weighted by molar-refractivity contribution is 0.957. The van der Waals surface area contributed by atoms with Crippen LogP contribution in [-0.2, 0) is 0 Å². The summed E-state index contributed by atoms with van der Waals surface area (Å²) in [4.78, 5) is 2.20. The largest absolute Gasteiger partial charge is 0.364 e. The Hall–Kier alpha value is -1.76. The fourth-order valence-corrected chi connectivity index (χ4v) is 1.42.